The molecular formula is C10H13N3O3. The maximum atomic E-state index is 11.6. The third kappa shape index (κ3) is 3.01. The largest absolute Gasteiger partial charge is 0.467 e. The number of ether oxygens (including phenoxy) is 1. The lowest BCUT2D eigenvalue weighted by atomic mass is 10.3. The Labute approximate surface area is 93.0 Å². The zero-order valence-corrected chi connectivity index (χ0v) is 9.35. The molecule has 0 saturated heterocycles. The van der Waals surface area contributed by atoms with Crippen LogP contribution in [0.4, 0.5) is 0 Å². The molecule has 1 rings (SSSR count). The Morgan fingerprint density at radius 1 is 1.38 bits per heavy atom. The van der Waals surface area contributed by atoms with Crippen LogP contribution in [0.1, 0.15) is 23.1 Å². The predicted molar refractivity (Wildman–Crippen MR) is 55.7 cm³/mol. The molecule has 0 spiro atoms. The zero-order chi connectivity index (χ0) is 12.1. The Morgan fingerprint density at radius 2 is 2.06 bits per heavy atom. The first-order valence-corrected chi connectivity index (χ1v) is 4.72. The molecule has 0 fully saturated rings. The molecule has 0 aliphatic heterocycles. The van der Waals surface area contributed by atoms with Crippen LogP contribution in [0, 0.1) is 6.92 Å². The highest BCUT2D eigenvalue weighted by atomic mass is 16.5. The van der Waals surface area contributed by atoms with Crippen LogP contribution in [0.3, 0.4) is 0 Å². The molecule has 0 saturated carbocycles. The highest BCUT2D eigenvalue weighted by Crippen LogP contribution is 1.95. The molecule has 16 heavy (non-hydrogen) atoms. The third-order valence-corrected chi connectivity index (χ3v) is 1.92. The molecule has 1 aromatic heterocycles. The molecule has 6 heteroatoms. The molecule has 0 bridgehead atoms. The Bertz CT molecular complexity index is 389. The summed E-state index contributed by atoms with van der Waals surface area (Å²) in [5, 5.41) is 2.45. The molecule has 0 unspecified atom stereocenters. The van der Waals surface area contributed by atoms with Crippen LogP contribution < -0.4 is 5.32 Å². The number of carbonyl (C=O) groups is 2. The second kappa shape index (κ2) is 5.20. The lowest BCUT2D eigenvalue weighted by Gasteiger charge is -2.10. The molecule has 1 amide bonds. The van der Waals surface area contributed by atoms with Crippen LogP contribution in [-0.4, -0.2) is 35.0 Å². The molecule has 86 valence electrons. The molecule has 1 heterocycles. The van der Waals surface area contributed by atoms with E-state index < -0.39 is 17.9 Å². The van der Waals surface area contributed by atoms with E-state index in [9.17, 15) is 9.59 Å². The van der Waals surface area contributed by atoms with E-state index in [1.165, 1.54) is 26.4 Å². The minimum Gasteiger partial charge on any atom is -0.467 e. The molecule has 0 aliphatic rings. The van der Waals surface area contributed by atoms with E-state index in [1.54, 1.807) is 6.92 Å². The smallest absolute Gasteiger partial charge is 0.328 e. The summed E-state index contributed by atoms with van der Waals surface area (Å²) in [5.41, 5.74) is 0.888. The number of hydrogen-bond donors (Lipinski definition) is 1. The standard InChI is InChI=1S/C10H13N3O3/c1-6-4-12-8(5-11-6)9(14)13-7(2)10(15)16-3/h4-5,7H,1-3H3,(H,13,14)/t7-/m0/s1. The minimum absolute atomic E-state index is 0.168. The first kappa shape index (κ1) is 12.1. The van der Waals surface area contributed by atoms with E-state index in [-0.39, 0.29) is 5.69 Å². The number of hydrogen-bond acceptors (Lipinski definition) is 5. The maximum absolute atomic E-state index is 11.6. The van der Waals surface area contributed by atoms with E-state index in [0.29, 0.717) is 0 Å². The number of methoxy groups -OCH3 is 1. The number of nitrogens with zero attached hydrogens (tertiary/aromatic N) is 2. The number of aryl methyl sites for hydroxylation is 1. The fourth-order valence-corrected chi connectivity index (χ4v) is 1.02. The lowest BCUT2D eigenvalue weighted by molar-refractivity contribution is -0.142. The fraction of sp³-hybridized carbons (Fsp3) is 0.400. The van der Waals surface area contributed by atoms with Crippen molar-refractivity contribution in [2.45, 2.75) is 19.9 Å². The summed E-state index contributed by atoms with van der Waals surface area (Å²) in [7, 11) is 1.26. The van der Waals surface area contributed by atoms with Gasteiger partial charge in [0, 0.05) is 6.20 Å². The monoisotopic (exact) mass is 223 g/mol. The highest BCUT2D eigenvalue weighted by molar-refractivity contribution is 5.94. The van der Waals surface area contributed by atoms with Crippen LogP contribution in [0.5, 0.6) is 0 Å². The van der Waals surface area contributed by atoms with Gasteiger partial charge in [0.15, 0.2) is 0 Å². The van der Waals surface area contributed by atoms with Gasteiger partial charge < -0.3 is 10.1 Å². The van der Waals surface area contributed by atoms with Gasteiger partial charge in [-0.05, 0) is 13.8 Å². The molecule has 0 aromatic carbocycles. The normalized spacial score (nSPS) is 11.7. The first-order valence-electron chi connectivity index (χ1n) is 4.72. The van der Waals surface area contributed by atoms with E-state index in [0.717, 1.165) is 5.69 Å². The fourth-order valence-electron chi connectivity index (χ4n) is 1.02. The van der Waals surface area contributed by atoms with Gasteiger partial charge >= 0.3 is 5.97 Å². The van der Waals surface area contributed by atoms with Crippen molar-refractivity contribution < 1.29 is 14.3 Å². The van der Waals surface area contributed by atoms with Gasteiger partial charge in [-0.25, -0.2) is 9.78 Å². The van der Waals surface area contributed by atoms with Gasteiger partial charge in [0.05, 0.1) is 19.0 Å². The van der Waals surface area contributed by atoms with Gasteiger partial charge in [-0.15, -0.1) is 0 Å². The van der Waals surface area contributed by atoms with Crippen molar-refractivity contribution in [2.24, 2.45) is 0 Å². The molecule has 1 atom stereocenters. The Hall–Kier alpha value is -1.98. The Balaban J connectivity index is 2.65. The highest BCUT2D eigenvalue weighted by Gasteiger charge is 2.17. The van der Waals surface area contributed by atoms with Crippen molar-refractivity contribution in [1.29, 1.82) is 0 Å². The molecule has 1 N–H and O–H groups in total. The van der Waals surface area contributed by atoms with Crippen molar-refractivity contribution in [2.75, 3.05) is 7.11 Å². The summed E-state index contributed by atoms with van der Waals surface area (Å²) in [5.74, 6) is -0.959. The number of esters is 1. The van der Waals surface area contributed by atoms with Gasteiger partial charge in [-0.3, -0.25) is 9.78 Å². The average molecular weight is 223 g/mol. The summed E-state index contributed by atoms with van der Waals surface area (Å²) in [4.78, 5) is 30.4. The topological polar surface area (TPSA) is 81.2 Å². The van der Waals surface area contributed by atoms with Gasteiger partial charge in [0.25, 0.3) is 5.91 Å². The van der Waals surface area contributed by atoms with E-state index in [2.05, 4.69) is 20.0 Å². The van der Waals surface area contributed by atoms with Crippen LogP contribution in [-0.2, 0) is 9.53 Å². The quantitative estimate of drug-likeness (QED) is 0.734. The Kier molecular flexibility index (Phi) is 3.93. The zero-order valence-electron chi connectivity index (χ0n) is 9.35. The van der Waals surface area contributed by atoms with E-state index in [1.807, 2.05) is 0 Å². The minimum atomic E-state index is -0.708. The SMILES string of the molecule is COC(=O)[C@H](C)NC(=O)c1cnc(C)cn1. The lowest BCUT2D eigenvalue weighted by Crippen LogP contribution is -2.39. The summed E-state index contributed by atoms with van der Waals surface area (Å²) >= 11 is 0. The van der Waals surface area contributed by atoms with E-state index in [4.69, 9.17) is 0 Å². The first-order chi connectivity index (χ1) is 7.54. The second-order valence-electron chi connectivity index (χ2n) is 3.26. The van der Waals surface area contributed by atoms with Gasteiger partial charge in [0.1, 0.15) is 11.7 Å². The molecule has 6 nitrogen and oxygen atoms in total. The summed E-state index contributed by atoms with van der Waals surface area (Å²) in [6.07, 6.45) is 2.84. The summed E-state index contributed by atoms with van der Waals surface area (Å²) in [6, 6.07) is -0.708. The van der Waals surface area contributed by atoms with E-state index >= 15 is 0 Å². The summed E-state index contributed by atoms with van der Waals surface area (Å²) in [6.45, 7) is 3.30. The third-order valence-electron chi connectivity index (χ3n) is 1.92. The number of rotatable bonds is 3. The average Bonchev–Trinajstić information content (AvgIpc) is 2.28. The van der Waals surface area contributed by atoms with Crippen molar-refractivity contribution in [3.8, 4) is 0 Å². The van der Waals surface area contributed by atoms with Crippen molar-refractivity contribution in [3.63, 3.8) is 0 Å². The van der Waals surface area contributed by atoms with Gasteiger partial charge in [0.2, 0.25) is 0 Å². The van der Waals surface area contributed by atoms with Crippen LogP contribution in [0.25, 0.3) is 0 Å². The van der Waals surface area contributed by atoms with Gasteiger partial charge in [-0.2, -0.15) is 0 Å². The number of amides is 1. The molecule has 0 radical (unpaired) electrons. The second-order valence-corrected chi connectivity index (χ2v) is 3.26. The maximum Gasteiger partial charge on any atom is 0.328 e. The molecule has 1 aromatic rings. The molecular weight excluding hydrogens is 210 g/mol. The number of carbonyl (C=O) groups excluding carboxylic acids is 2. The van der Waals surface area contributed by atoms with Crippen molar-refractivity contribution >= 4 is 11.9 Å². The summed E-state index contributed by atoms with van der Waals surface area (Å²) < 4.78 is 4.48. The predicted octanol–water partition coefficient (Wildman–Crippen LogP) is 0.0763. The van der Waals surface area contributed by atoms with Crippen molar-refractivity contribution in [3.05, 3.63) is 23.8 Å². The molecule has 0 aliphatic carbocycles. The number of nitrogens with one attached hydrogen (secondary N) is 1. The van der Waals surface area contributed by atoms with Crippen LogP contribution >= 0.6 is 0 Å². The number of aromatic nitrogens is 2. The van der Waals surface area contributed by atoms with Gasteiger partial charge in [-0.1, -0.05) is 0 Å². The van der Waals surface area contributed by atoms with Crippen LogP contribution in [0.15, 0.2) is 12.4 Å². The van der Waals surface area contributed by atoms with Crippen molar-refractivity contribution in [1.82, 2.24) is 15.3 Å². The Morgan fingerprint density at radius 3 is 2.56 bits per heavy atom. The van der Waals surface area contributed by atoms with Crippen LogP contribution in [0.2, 0.25) is 0 Å².